The van der Waals surface area contributed by atoms with Gasteiger partial charge in [-0.25, -0.2) is 0 Å². The zero-order valence-electron chi connectivity index (χ0n) is 11.6. The molecule has 4 nitrogen and oxygen atoms in total. The summed E-state index contributed by atoms with van der Waals surface area (Å²) >= 11 is 0. The van der Waals surface area contributed by atoms with Gasteiger partial charge in [-0.05, 0) is 18.2 Å². The number of aromatic nitrogens is 3. The molecule has 0 atom stereocenters. The lowest BCUT2D eigenvalue weighted by Crippen LogP contribution is -2.17. The normalized spacial score (nSPS) is 11.1. The van der Waals surface area contributed by atoms with Crippen molar-refractivity contribution in [1.29, 1.82) is 0 Å². The van der Waals surface area contributed by atoms with E-state index in [2.05, 4.69) is 39.7 Å². The molecule has 3 aromatic rings. The predicted octanol–water partition coefficient (Wildman–Crippen LogP) is 2.30. The van der Waals surface area contributed by atoms with Crippen molar-refractivity contribution in [3.63, 3.8) is 0 Å². The van der Waals surface area contributed by atoms with E-state index in [0.717, 1.165) is 36.4 Å². The van der Waals surface area contributed by atoms with E-state index in [4.69, 9.17) is 0 Å². The van der Waals surface area contributed by atoms with E-state index in [1.807, 2.05) is 36.1 Å². The minimum absolute atomic E-state index is 0.789. The van der Waals surface area contributed by atoms with Crippen LogP contribution in [-0.2, 0) is 20.0 Å². The van der Waals surface area contributed by atoms with Gasteiger partial charge in [0.25, 0.3) is 0 Å². The third-order valence-electron chi connectivity index (χ3n) is 3.29. The molecule has 0 amide bonds. The number of nitrogens with zero attached hydrogens (tertiary/aromatic N) is 3. The highest BCUT2D eigenvalue weighted by atomic mass is 15.2. The zero-order valence-corrected chi connectivity index (χ0v) is 11.6. The van der Waals surface area contributed by atoms with E-state index in [9.17, 15) is 0 Å². The number of fused-ring (bicyclic) bond motifs is 1. The van der Waals surface area contributed by atoms with E-state index >= 15 is 0 Å². The maximum Gasteiger partial charge on any atom is 0.0705 e. The van der Waals surface area contributed by atoms with Gasteiger partial charge in [-0.3, -0.25) is 9.67 Å². The number of pyridine rings is 1. The van der Waals surface area contributed by atoms with E-state index in [1.165, 1.54) is 5.39 Å². The van der Waals surface area contributed by atoms with Gasteiger partial charge in [-0.15, -0.1) is 0 Å². The Balaban J connectivity index is 1.54. The average Bonchev–Trinajstić information content (AvgIpc) is 2.89. The summed E-state index contributed by atoms with van der Waals surface area (Å²) in [5.74, 6) is 0. The Labute approximate surface area is 118 Å². The molecule has 0 aliphatic rings. The Kier molecular flexibility index (Phi) is 3.74. The van der Waals surface area contributed by atoms with Crippen LogP contribution in [0.2, 0.25) is 0 Å². The Hall–Kier alpha value is -2.20. The minimum atomic E-state index is 0.789. The second-order valence-corrected chi connectivity index (χ2v) is 4.90. The van der Waals surface area contributed by atoms with Gasteiger partial charge < -0.3 is 5.32 Å². The fourth-order valence-corrected chi connectivity index (χ4v) is 2.24. The first-order valence-corrected chi connectivity index (χ1v) is 6.85. The summed E-state index contributed by atoms with van der Waals surface area (Å²) in [5.41, 5.74) is 3.24. The zero-order chi connectivity index (χ0) is 13.8. The quantitative estimate of drug-likeness (QED) is 0.721. The average molecular weight is 266 g/mol. The van der Waals surface area contributed by atoms with Crippen LogP contribution in [0.3, 0.4) is 0 Å². The summed E-state index contributed by atoms with van der Waals surface area (Å²) in [5, 5.41) is 8.95. The lowest BCUT2D eigenvalue weighted by atomic mass is 10.2. The molecule has 2 aromatic heterocycles. The van der Waals surface area contributed by atoms with Gasteiger partial charge in [0.1, 0.15) is 0 Å². The second kappa shape index (κ2) is 5.84. The molecule has 1 aromatic carbocycles. The van der Waals surface area contributed by atoms with Gasteiger partial charge in [0.2, 0.25) is 0 Å². The molecule has 0 bridgehead atoms. The van der Waals surface area contributed by atoms with Crippen molar-refractivity contribution in [2.75, 3.05) is 6.54 Å². The van der Waals surface area contributed by atoms with Gasteiger partial charge in [-0.1, -0.05) is 24.3 Å². The summed E-state index contributed by atoms with van der Waals surface area (Å²) in [6.45, 7) is 1.70. The molecule has 0 aliphatic carbocycles. The van der Waals surface area contributed by atoms with Crippen LogP contribution in [0.15, 0.2) is 48.7 Å². The molecule has 0 saturated carbocycles. The minimum Gasteiger partial charge on any atom is -0.311 e. The van der Waals surface area contributed by atoms with Crippen molar-refractivity contribution in [2.24, 2.45) is 7.05 Å². The Morgan fingerprint density at radius 1 is 1.05 bits per heavy atom. The highest BCUT2D eigenvalue weighted by Crippen LogP contribution is 2.11. The molecule has 0 spiro atoms. The molecule has 0 unspecified atom stereocenters. The first kappa shape index (κ1) is 12.8. The molecule has 102 valence electrons. The van der Waals surface area contributed by atoms with Crippen molar-refractivity contribution in [3.8, 4) is 0 Å². The second-order valence-electron chi connectivity index (χ2n) is 4.90. The smallest absolute Gasteiger partial charge is 0.0705 e. The number of para-hydroxylation sites is 1. The molecule has 0 radical (unpaired) electrons. The highest BCUT2D eigenvalue weighted by molar-refractivity contribution is 5.78. The molecule has 1 N–H and O–H groups in total. The lowest BCUT2D eigenvalue weighted by Gasteiger charge is -2.04. The summed E-state index contributed by atoms with van der Waals surface area (Å²) in [6.07, 6.45) is 2.91. The molecule has 0 fully saturated rings. The maximum atomic E-state index is 4.64. The predicted molar refractivity (Wildman–Crippen MR) is 80.4 cm³/mol. The van der Waals surface area contributed by atoms with Crippen LogP contribution < -0.4 is 5.32 Å². The first-order chi connectivity index (χ1) is 9.81. The number of aryl methyl sites for hydroxylation is 1. The first-order valence-electron chi connectivity index (χ1n) is 6.85. The molecular formula is C16H18N4. The number of nitrogens with one attached hydrogen (secondary N) is 1. The third-order valence-corrected chi connectivity index (χ3v) is 3.29. The standard InChI is InChI=1S/C16H18N4/c1-20-11-9-14(19-20)8-10-17-12-15-7-6-13-4-2-3-5-16(13)18-15/h2-7,9,11,17H,8,10,12H2,1H3. The monoisotopic (exact) mass is 266 g/mol. The summed E-state index contributed by atoms with van der Waals surface area (Å²) in [4.78, 5) is 4.64. The van der Waals surface area contributed by atoms with Gasteiger partial charge in [0, 0.05) is 38.1 Å². The summed E-state index contributed by atoms with van der Waals surface area (Å²) < 4.78 is 1.83. The fourth-order valence-electron chi connectivity index (χ4n) is 2.24. The van der Waals surface area contributed by atoms with Crippen LogP contribution in [0, 0.1) is 0 Å². The van der Waals surface area contributed by atoms with E-state index in [-0.39, 0.29) is 0 Å². The van der Waals surface area contributed by atoms with E-state index < -0.39 is 0 Å². The van der Waals surface area contributed by atoms with Gasteiger partial charge in [0.15, 0.2) is 0 Å². The lowest BCUT2D eigenvalue weighted by molar-refractivity contribution is 0.658. The third kappa shape index (κ3) is 3.03. The number of benzene rings is 1. The van der Waals surface area contributed by atoms with Crippen LogP contribution in [0.5, 0.6) is 0 Å². The summed E-state index contributed by atoms with van der Waals surface area (Å²) in [7, 11) is 1.94. The molecule has 2 heterocycles. The van der Waals surface area contributed by atoms with Gasteiger partial charge in [0.05, 0.1) is 16.9 Å². The molecular weight excluding hydrogens is 248 g/mol. The van der Waals surface area contributed by atoms with Crippen LogP contribution in [-0.4, -0.2) is 21.3 Å². The molecule has 0 aliphatic heterocycles. The Morgan fingerprint density at radius 2 is 1.95 bits per heavy atom. The number of hydrogen-bond donors (Lipinski definition) is 1. The van der Waals surface area contributed by atoms with E-state index in [0.29, 0.717) is 0 Å². The van der Waals surface area contributed by atoms with Crippen molar-refractivity contribution in [3.05, 3.63) is 60.0 Å². The maximum absolute atomic E-state index is 4.64. The number of hydrogen-bond acceptors (Lipinski definition) is 3. The summed E-state index contributed by atoms with van der Waals surface area (Å²) in [6, 6.07) is 14.4. The van der Waals surface area contributed by atoms with Crippen LogP contribution in [0.1, 0.15) is 11.4 Å². The van der Waals surface area contributed by atoms with E-state index in [1.54, 1.807) is 0 Å². The van der Waals surface area contributed by atoms with Gasteiger partial charge >= 0.3 is 0 Å². The molecule has 20 heavy (non-hydrogen) atoms. The SMILES string of the molecule is Cn1ccc(CCNCc2ccc3ccccc3n2)n1. The largest absolute Gasteiger partial charge is 0.311 e. The van der Waals surface area contributed by atoms with Crippen LogP contribution >= 0.6 is 0 Å². The van der Waals surface area contributed by atoms with Crippen LogP contribution in [0.4, 0.5) is 0 Å². The fraction of sp³-hybridized carbons (Fsp3) is 0.250. The molecule has 3 rings (SSSR count). The van der Waals surface area contributed by atoms with Crippen molar-refractivity contribution < 1.29 is 0 Å². The van der Waals surface area contributed by atoms with Crippen LogP contribution in [0.25, 0.3) is 10.9 Å². The van der Waals surface area contributed by atoms with Crippen molar-refractivity contribution in [1.82, 2.24) is 20.1 Å². The van der Waals surface area contributed by atoms with Gasteiger partial charge in [-0.2, -0.15) is 5.10 Å². The highest BCUT2D eigenvalue weighted by Gasteiger charge is 1.99. The number of rotatable bonds is 5. The topological polar surface area (TPSA) is 42.7 Å². The molecule has 0 saturated heterocycles. The van der Waals surface area contributed by atoms with Crippen molar-refractivity contribution >= 4 is 10.9 Å². The van der Waals surface area contributed by atoms with Crippen molar-refractivity contribution in [2.45, 2.75) is 13.0 Å². The Bertz CT molecular complexity index is 702. The molecule has 4 heteroatoms. The Morgan fingerprint density at radius 3 is 2.80 bits per heavy atom.